The van der Waals surface area contributed by atoms with Gasteiger partial charge in [-0.25, -0.2) is 8.42 Å². The summed E-state index contributed by atoms with van der Waals surface area (Å²) < 4.78 is 32.6. The molecule has 2 aliphatic rings. The van der Waals surface area contributed by atoms with Crippen molar-refractivity contribution in [2.75, 3.05) is 39.9 Å². The van der Waals surface area contributed by atoms with Crippen LogP contribution in [0.3, 0.4) is 0 Å². The lowest BCUT2D eigenvalue weighted by Gasteiger charge is -2.25. The summed E-state index contributed by atoms with van der Waals surface area (Å²) in [5.74, 6) is 1.67. The summed E-state index contributed by atoms with van der Waals surface area (Å²) in [7, 11) is -1.65. The largest absolute Gasteiger partial charge is 0.379 e. The van der Waals surface area contributed by atoms with E-state index in [9.17, 15) is 8.42 Å². The van der Waals surface area contributed by atoms with E-state index < -0.39 is 10.0 Å². The van der Waals surface area contributed by atoms with Gasteiger partial charge in [0, 0.05) is 31.6 Å². The van der Waals surface area contributed by atoms with E-state index in [4.69, 9.17) is 4.74 Å². The van der Waals surface area contributed by atoms with Crippen LogP contribution in [0.25, 0.3) is 0 Å². The summed E-state index contributed by atoms with van der Waals surface area (Å²) in [6.45, 7) is 3.24. The molecule has 1 aromatic heterocycles. The van der Waals surface area contributed by atoms with Crippen molar-refractivity contribution in [2.45, 2.75) is 49.3 Å². The molecule has 2 N–H and O–H groups in total. The van der Waals surface area contributed by atoms with Crippen LogP contribution >= 0.6 is 35.3 Å². The van der Waals surface area contributed by atoms with Crippen molar-refractivity contribution < 1.29 is 13.2 Å². The molecule has 166 valence electrons. The van der Waals surface area contributed by atoms with Crippen molar-refractivity contribution in [3.8, 4) is 0 Å². The van der Waals surface area contributed by atoms with Crippen LogP contribution in [0.1, 0.15) is 43.4 Å². The van der Waals surface area contributed by atoms with Gasteiger partial charge in [0.15, 0.2) is 5.96 Å². The predicted octanol–water partition coefficient (Wildman–Crippen LogP) is 3.02. The Hall–Kier alpha value is -0.430. The summed E-state index contributed by atoms with van der Waals surface area (Å²) in [6, 6.07) is 3.57. The number of aliphatic imine (C=N–C) groups is 1. The lowest BCUT2D eigenvalue weighted by molar-refractivity contribution is 0.0731. The number of guanidine groups is 1. The van der Waals surface area contributed by atoms with Crippen molar-refractivity contribution in [2.24, 2.45) is 10.9 Å². The number of morpholine rings is 1. The molecule has 1 aromatic rings. The molecule has 0 radical (unpaired) electrons. The van der Waals surface area contributed by atoms with E-state index in [1.54, 1.807) is 13.1 Å². The van der Waals surface area contributed by atoms with Crippen molar-refractivity contribution in [3.05, 3.63) is 17.0 Å². The molecule has 2 heterocycles. The van der Waals surface area contributed by atoms with Crippen molar-refractivity contribution in [1.29, 1.82) is 0 Å². The molecule has 0 aromatic carbocycles. The molecule has 10 heteroatoms. The maximum absolute atomic E-state index is 12.7. The van der Waals surface area contributed by atoms with Gasteiger partial charge in [-0.2, -0.15) is 4.31 Å². The van der Waals surface area contributed by atoms with Gasteiger partial charge in [0.25, 0.3) is 10.0 Å². The van der Waals surface area contributed by atoms with Crippen LogP contribution in [-0.2, 0) is 21.3 Å². The molecule has 1 saturated carbocycles. The summed E-state index contributed by atoms with van der Waals surface area (Å²) in [6.07, 6.45) is 8.02. The number of hydrogen-bond donors (Lipinski definition) is 2. The Kier molecular flexibility index (Phi) is 10.6. The van der Waals surface area contributed by atoms with Gasteiger partial charge < -0.3 is 15.4 Å². The predicted molar refractivity (Wildman–Crippen MR) is 129 cm³/mol. The first-order valence-electron chi connectivity index (χ1n) is 10.2. The van der Waals surface area contributed by atoms with Gasteiger partial charge in [-0.15, -0.1) is 35.3 Å². The normalized spacial score (nSPS) is 19.1. The van der Waals surface area contributed by atoms with Crippen LogP contribution in [0.15, 0.2) is 21.3 Å². The first-order valence-corrected chi connectivity index (χ1v) is 12.5. The van der Waals surface area contributed by atoms with E-state index in [0.717, 1.165) is 29.7 Å². The quantitative estimate of drug-likeness (QED) is 0.223. The molecule has 1 aliphatic heterocycles. The highest BCUT2D eigenvalue weighted by Crippen LogP contribution is 2.28. The van der Waals surface area contributed by atoms with Crippen molar-refractivity contribution >= 4 is 51.3 Å². The van der Waals surface area contributed by atoms with E-state index in [2.05, 4.69) is 15.6 Å². The fraction of sp³-hybridized carbons (Fsp3) is 0.737. The summed E-state index contributed by atoms with van der Waals surface area (Å²) in [5.41, 5.74) is 0. The molecule has 1 saturated heterocycles. The Morgan fingerprint density at radius 1 is 1.24 bits per heavy atom. The second-order valence-corrected chi connectivity index (χ2v) is 10.7. The zero-order valence-corrected chi connectivity index (χ0v) is 21.0. The molecule has 1 aliphatic carbocycles. The van der Waals surface area contributed by atoms with Gasteiger partial charge in [0.2, 0.25) is 0 Å². The van der Waals surface area contributed by atoms with Crippen molar-refractivity contribution in [1.82, 2.24) is 14.9 Å². The maximum atomic E-state index is 12.7. The third kappa shape index (κ3) is 7.34. The Bertz CT molecular complexity index is 742. The SMILES string of the molecule is CN=C(NCCCC1CCCC1)NCc1ccc(S(=O)(=O)N2CCOCC2)s1.I. The summed E-state index contributed by atoms with van der Waals surface area (Å²) in [4.78, 5) is 5.23. The second kappa shape index (κ2) is 12.4. The lowest BCUT2D eigenvalue weighted by atomic mass is 10.0. The van der Waals surface area contributed by atoms with Crippen molar-refractivity contribution in [3.63, 3.8) is 0 Å². The highest BCUT2D eigenvalue weighted by molar-refractivity contribution is 14.0. The standard InChI is InChI=1S/C19H32N4O3S2.HI/c1-20-19(21-10-4-7-16-5-2-3-6-16)22-15-17-8-9-18(27-17)28(24,25)23-11-13-26-14-12-23;/h8-9,16H,2-7,10-15H2,1H3,(H2,20,21,22);1H. The number of nitrogens with zero attached hydrogens (tertiary/aromatic N) is 2. The fourth-order valence-electron chi connectivity index (χ4n) is 3.79. The highest BCUT2D eigenvalue weighted by Gasteiger charge is 2.27. The van der Waals surface area contributed by atoms with Gasteiger partial charge in [-0.3, -0.25) is 4.99 Å². The zero-order chi connectivity index (χ0) is 19.8. The molecular formula is C19H33IN4O3S2. The van der Waals surface area contributed by atoms with Gasteiger partial charge in [0.05, 0.1) is 19.8 Å². The van der Waals surface area contributed by atoms with E-state index in [0.29, 0.717) is 37.1 Å². The first-order chi connectivity index (χ1) is 13.6. The molecule has 29 heavy (non-hydrogen) atoms. The monoisotopic (exact) mass is 556 g/mol. The van der Waals surface area contributed by atoms with Gasteiger partial charge in [-0.1, -0.05) is 25.7 Å². The molecular weight excluding hydrogens is 523 g/mol. The van der Waals surface area contributed by atoms with E-state index in [1.807, 2.05) is 6.07 Å². The number of rotatable bonds is 8. The molecule has 3 rings (SSSR count). The Morgan fingerprint density at radius 2 is 1.97 bits per heavy atom. The molecule has 7 nitrogen and oxygen atoms in total. The number of sulfonamides is 1. The van der Waals surface area contributed by atoms with E-state index in [1.165, 1.54) is 47.7 Å². The minimum atomic E-state index is -3.41. The van der Waals surface area contributed by atoms with Gasteiger partial charge in [-0.05, 0) is 30.9 Å². The number of thiophene rings is 1. The third-order valence-electron chi connectivity index (χ3n) is 5.41. The fourth-order valence-corrected chi connectivity index (χ4v) is 6.65. The van der Waals surface area contributed by atoms with Crippen LogP contribution in [0.2, 0.25) is 0 Å². The molecule has 0 unspecified atom stereocenters. The molecule has 0 amide bonds. The molecule has 2 fully saturated rings. The van der Waals surface area contributed by atoms with Crippen LogP contribution in [0.4, 0.5) is 0 Å². The Labute approximate surface area is 195 Å². The average molecular weight is 557 g/mol. The molecule has 0 bridgehead atoms. The van der Waals surface area contributed by atoms with Gasteiger partial charge >= 0.3 is 0 Å². The molecule has 0 spiro atoms. The topological polar surface area (TPSA) is 83.0 Å². The lowest BCUT2D eigenvalue weighted by Crippen LogP contribution is -2.40. The maximum Gasteiger partial charge on any atom is 0.252 e. The first kappa shape index (κ1) is 24.8. The average Bonchev–Trinajstić information content (AvgIpc) is 3.40. The number of hydrogen-bond acceptors (Lipinski definition) is 5. The summed E-state index contributed by atoms with van der Waals surface area (Å²) in [5, 5.41) is 6.63. The Balaban J connectivity index is 0.00000300. The third-order valence-corrected chi connectivity index (χ3v) is 8.86. The molecule has 0 atom stereocenters. The minimum Gasteiger partial charge on any atom is -0.379 e. The number of halogens is 1. The van der Waals surface area contributed by atoms with E-state index in [-0.39, 0.29) is 24.0 Å². The number of ether oxygens (including phenoxy) is 1. The second-order valence-electron chi connectivity index (χ2n) is 7.38. The van der Waals surface area contributed by atoms with Crippen LogP contribution in [0.5, 0.6) is 0 Å². The van der Waals surface area contributed by atoms with Crippen LogP contribution < -0.4 is 10.6 Å². The van der Waals surface area contributed by atoms with Crippen LogP contribution in [0, 0.1) is 5.92 Å². The van der Waals surface area contributed by atoms with Crippen LogP contribution in [-0.4, -0.2) is 58.6 Å². The smallest absolute Gasteiger partial charge is 0.252 e. The minimum absolute atomic E-state index is 0. The van der Waals surface area contributed by atoms with E-state index >= 15 is 0 Å². The van der Waals surface area contributed by atoms with Gasteiger partial charge in [0.1, 0.15) is 4.21 Å². The Morgan fingerprint density at radius 3 is 2.66 bits per heavy atom. The highest BCUT2D eigenvalue weighted by atomic mass is 127. The zero-order valence-electron chi connectivity index (χ0n) is 17.1. The summed E-state index contributed by atoms with van der Waals surface area (Å²) >= 11 is 1.32. The number of nitrogens with one attached hydrogen (secondary N) is 2.